The van der Waals surface area contributed by atoms with Gasteiger partial charge in [0.05, 0.1) is 22.0 Å². The van der Waals surface area contributed by atoms with Gasteiger partial charge >= 0.3 is 0 Å². The summed E-state index contributed by atoms with van der Waals surface area (Å²) in [6.07, 6.45) is 0. The molecule has 68 valence electrons. The zero-order valence-corrected chi connectivity index (χ0v) is 8.29. The van der Waals surface area contributed by atoms with Crippen molar-refractivity contribution >= 4 is 29.9 Å². The number of thiol groups is 1. The van der Waals surface area contributed by atoms with Crippen molar-refractivity contribution in [2.75, 3.05) is 11.5 Å². The molecule has 1 aromatic rings. The first-order chi connectivity index (χ1) is 6.15. The first-order valence-corrected chi connectivity index (χ1v) is 4.50. The third-order valence-electron chi connectivity index (χ3n) is 1.40. The molecule has 0 bridgehead atoms. The van der Waals surface area contributed by atoms with Gasteiger partial charge in [-0.15, -0.1) is 0 Å². The van der Waals surface area contributed by atoms with Crippen LogP contribution >= 0.6 is 24.2 Å². The third kappa shape index (κ3) is 2.55. The van der Waals surface area contributed by atoms with Gasteiger partial charge in [0.2, 0.25) is 0 Å². The molecule has 4 heteroatoms. The quantitative estimate of drug-likeness (QED) is 0.388. The maximum atomic E-state index is 12.8. The van der Waals surface area contributed by atoms with Gasteiger partial charge in [-0.1, -0.05) is 23.4 Å². The molecule has 0 heterocycles. The van der Waals surface area contributed by atoms with Crippen molar-refractivity contribution in [1.29, 1.82) is 0 Å². The van der Waals surface area contributed by atoms with Gasteiger partial charge in [-0.3, -0.25) is 0 Å². The van der Waals surface area contributed by atoms with Gasteiger partial charge in [-0.05, 0) is 12.1 Å². The minimum atomic E-state index is -0.442. The fourth-order valence-electron chi connectivity index (χ4n) is 0.823. The van der Waals surface area contributed by atoms with Gasteiger partial charge in [0.15, 0.2) is 0 Å². The first kappa shape index (κ1) is 10.2. The maximum absolute atomic E-state index is 12.8. The smallest absolute Gasteiger partial charge is 0.126 e. The predicted octanol–water partition coefficient (Wildman–Crippen LogP) is 2.34. The summed E-state index contributed by atoms with van der Waals surface area (Å²) in [5.41, 5.74) is 6.27. The highest BCUT2D eigenvalue weighted by molar-refractivity contribution is 7.80. The van der Waals surface area contributed by atoms with Crippen LogP contribution in [0, 0.1) is 17.7 Å². The van der Waals surface area contributed by atoms with Crippen molar-refractivity contribution in [3.8, 4) is 11.8 Å². The van der Waals surface area contributed by atoms with Crippen LogP contribution in [0.1, 0.15) is 5.56 Å². The Kier molecular flexibility index (Phi) is 3.47. The molecule has 0 aliphatic carbocycles. The van der Waals surface area contributed by atoms with Crippen molar-refractivity contribution in [1.82, 2.24) is 0 Å². The van der Waals surface area contributed by atoms with Crippen LogP contribution in [0.4, 0.5) is 10.1 Å². The number of nitrogen functional groups attached to an aromatic ring is 1. The molecule has 0 atom stereocenters. The molecule has 2 N–H and O–H groups in total. The molecule has 0 spiro atoms. The summed E-state index contributed by atoms with van der Waals surface area (Å²) in [4.78, 5) is 0. The second-order valence-electron chi connectivity index (χ2n) is 2.31. The van der Waals surface area contributed by atoms with Gasteiger partial charge in [-0.25, -0.2) is 4.39 Å². The molecule has 1 nitrogen and oxygen atoms in total. The molecule has 1 aromatic carbocycles. The van der Waals surface area contributed by atoms with E-state index in [2.05, 4.69) is 24.5 Å². The minimum Gasteiger partial charge on any atom is -0.397 e. The van der Waals surface area contributed by atoms with Crippen LogP contribution in [-0.4, -0.2) is 5.75 Å². The Labute approximate surface area is 86.5 Å². The topological polar surface area (TPSA) is 26.0 Å². The lowest BCUT2D eigenvalue weighted by Gasteiger charge is -2.00. The van der Waals surface area contributed by atoms with E-state index in [9.17, 15) is 4.39 Å². The molecule has 0 radical (unpaired) electrons. The van der Waals surface area contributed by atoms with Gasteiger partial charge in [0.25, 0.3) is 0 Å². The SMILES string of the molecule is Nc1c(Cl)cc(F)cc1C#CCS. The van der Waals surface area contributed by atoms with Crippen LogP contribution in [-0.2, 0) is 0 Å². The second kappa shape index (κ2) is 4.40. The molecule has 0 aromatic heterocycles. The van der Waals surface area contributed by atoms with Gasteiger partial charge < -0.3 is 5.73 Å². The molecule has 0 aliphatic rings. The summed E-state index contributed by atoms with van der Waals surface area (Å²) < 4.78 is 12.8. The number of anilines is 1. The summed E-state index contributed by atoms with van der Waals surface area (Å²) in [6, 6.07) is 2.40. The number of halogens is 2. The number of benzene rings is 1. The minimum absolute atomic E-state index is 0.184. The van der Waals surface area contributed by atoms with Crippen molar-refractivity contribution in [3.05, 3.63) is 28.5 Å². The van der Waals surface area contributed by atoms with E-state index in [0.717, 1.165) is 6.07 Å². The highest BCUT2D eigenvalue weighted by Crippen LogP contribution is 2.23. The highest BCUT2D eigenvalue weighted by atomic mass is 35.5. The molecule has 0 saturated heterocycles. The van der Waals surface area contributed by atoms with Crippen molar-refractivity contribution in [2.45, 2.75) is 0 Å². The number of hydrogen-bond donors (Lipinski definition) is 2. The monoisotopic (exact) mass is 215 g/mol. The zero-order chi connectivity index (χ0) is 9.84. The molecule has 13 heavy (non-hydrogen) atoms. The van der Waals surface area contributed by atoms with E-state index in [0.29, 0.717) is 17.0 Å². The highest BCUT2D eigenvalue weighted by Gasteiger charge is 2.03. The Morgan fingerprint density at radius 2 is 2.23 bits per heavy atom. The first-order valence-electron chi connectivity index (χ1n) is 3.49. The predicted molar refractivity (Wildman–Crippen MR) is 56.6 cm³/mol. The number of rotatable bonds is 0. The molecule has 0 amide bonds. The molecule has 0 fully saturated rings. The van der Waals surface area contributed by atoms with Gasteiger partial charge in [0, 0.05) is 0 Å². The van der Waals surface area contributed by atoms with Crippen LogP contribution in [0.2, 0.25) is 5.02 Å². The van der Waals surface area contributed by atoms with E-state index in [4.69, 9.17) is 17.3 Å². The van der Waals surface area contributed by atoms with Crippen LogP contribution in [0.5, 0.6) is 0 Å². The summed E-state index contributed by atoms with van der Waals surface area (Å²) in [7, 11) is 0. The molecule has 0 saturated carbocycles. The van der Waals surface area contributed by atoms with Crippen LogP contribution < -0.4 is 5.73 Å². The largest absolute Gasteiger partial charge is 0.397 e. The second-order valence-corrected chi connectivity index (χ2v) is 3.03. The molecule has 1 rings (SSSR count). The van der Waals surface area contributed by atoms with E-state index < -0.39 is 5.82 Å². The number of nitrogens with two attached hydrogens (primary N) is 1. The lowest BCUT2D eigenvalue weighted by atomic mass is 10.2. The Bertz CT molecular complexity index is 381. The average Bonchev–Trinajstić information content (AvgIpc) is 2.09. The van der Waals surface area contributed by atoms with E-state index in [-0.39, 0.29) is 5.02 Å². The summed E-state index contributed by atoms with van der Waals surface area (Å²) in [5, 5.41) is 0.184. The van der Waals surface area contributed by atoms with E-state index in [1.165, 1.54) is 6.07 Å². The number of hydrogen-bond acceptors (Lipinski definition) is 2. The summed E-state index contributed by atoms with van der Waals surface area (Å²) in [5.74, 6) is 5.29. The van der Waals surface area contributed by atoms with E-state index >= 15 is 0 Å². The van der Waals surface area contributed by atoms with Crippen LogP contribution in [0.25, 0.3) is 0 Å². The Hall–Kier alpha value is -0.850. The van der Waals surface area contributed by atoms with Crippen LogP contribution in [0.15, 0.2) is 12.1 Å². The standard InChI is InChI=1S/C9H7ClFNS/c10-8-5-7(11)4-6(9(8)12)2-1-3-13/h4-5,13H,3,12H2. The lowest BCUT2D eigenvalue weighted by molar-refractivity contribution is 0.628. The molecule has 0 unspecified atom stereocenters. The van der Waals surface area contributed by atoms with Crippen LogP contribution in [0.3, 0.4) is 0 Å². The zero-order valence-electron chi connectivity index (χ0n) is 6.64. The molecule has 0 aliphatic heterocycles. The van der Waals surface area contributed by atoms with E-state index in [1.54, 1.807) is 0 Å². The molecular formula is C9H7ClFNS. The van der Waals surface area contributed by atoms with Crippen molar-refractivity contribution in [3.63, 3.8) is 0 Å². The molecular weight excluding hydrogens is 209 g/mol. The summed E-state index contributed by atoms with van der Waals surface area (Å²) >= 11 is 9.54. The lowest BCUT2D eigenvalue weighted by Crippen LogP contribution is -1.93. The fourth-order valence-corrected chi connectivity index (χ4v) is 1.11. The van der Waals surface area contributed by atoms with Gasteiger partial charge in [-0.2, -0.15) is 12.6 Å². The Morgan fingerprint density at radius 3 is 2.85 bits per heavy atom. The third-order valence-corrected chi connectivity index (χ3v) is 1.87. The average molecular weight is 216 g/mol. The maximum Gasteiger partial charge on any atom is 0.126 e. The normalized spacial score (nSPS) is 9.15. The van der Waals surface area contributed by atoms with E-state index in [1.807, 2.05) is 0 Å². The van der Waals surface area contributed by atoms with Crippen molar-refractivity contribution < 1.29 is 4.39 Å². The Balaban J connectivity index is 3.20. The van der Waals surface area contributed by atoms with Crippen molar-refractivity contribution in [2.24, 2.45) is 0 Å². The van der Waals surface area contributed by atoms with Gasteiger partial charge in [0.1, 0.15) is 5.82 Å². The summed E-state index contributed by atoms with van der Waals surface area (Å²) in [6.45, 7) is 0. The fraction of sp³-hybridized carbons (Fsp3) is 0.111. The Morgan fingerprint density at radius 1 is 1.54 bits per heavy atom.